The molecule has 1 N–H and O–H groups in total. The Hall–Kier alpha value is -2.43. The van der Waals surface area contributed by atoms with E-state index in [0.29, 0.717) is 17.9 Å². The molecule has 2 rings (SSSR count). The third-order valence-corrected chi connectivity index (χ3v) is 2.75. The van der Waals surface area contributed by atoms with Crippen molar-refractivity contribution in [3.8, 4) is 0 Å². The Morgan fingerprint density at radius 1 is 1.32 bits per heavy atom. The van der Waals surface area contributed by atoms with Gasteiger partial charge in [0.25, 0.3) is 0 Å². The Bertz CT molecular complexity index is 584. The summed E-state index contributed by atoms with van der Waals surface area (Å²) in [5.41, 5.74) is 0.692. The van der Waals surface area contributed by atoms with Crippen molar-refractivity contribution < 1.29 is 14.3 Å². The highest BCUT2D eigenvalue weighted by Gasteiger charge is 2.08. The Kier molecular flexibility index (Phi) is 3.75. The lowest BCUT2D eigenvalue weighted by Crippen LogP contribution is -2.18. The summed E-state index contributed by atoms with van der Waals surface area (Å²) in [7, 11) is 1.77. The first-order valence-corrected chi connectivity index (χ1v) is 5.72. The van der Waals surface area contributed by atoms with Gasteiger partial charge in [0.05, 0.1) is 5.56 Å². The fourth-order valence-corrected chi connectivity index (χ4v) is 1.70. The molecule has 1 heterocycles. The average molecular weight is 260 g/mol. The molecule has 0 amide bonds. The van der Waals surface area contributed by atoms with E-state index >= 15 is 0 Å². The standard InChI is InChI=1S/C14H13FN2O2/c1-17(9-11-4-2-3-5-12(11)15)13-7-6-10(8-16-13)14(18)19/h2-8H,9H2,1H3,(H,18,19). The minimum atomic E-state index is -1.02. The molecule has 0 saturated carbocycles. The summed E-state index contributed by atoms with van der Waals surface area (Å²) in [6, 6.07) is 9.60. The Morgan fingerprint density at radius 3 is 2.63 bits per heavy atom. The third-order valence-electron chi connectivity index (χ3n) is 2.75. The first-order chi connectivity index (χ1) is 9.08. The lowest BCUT2D eigenvalue weighted by atomic mass is 10.2. The van der Waals surface area contributed by atoms with E-state index in [9.17, 15) is 9.18 Å². The fourth-order valence-electron chi connectivity index (χ4n) is 1.70. The minimum absolute atomic E-state index is 0.128. The van der Waals surface area contributed by atoms with Crippen LogP contribution in [0.25, 0.3) is 0 Å². The zero-order chi connectivity index (χ0) is 13.8. The second kappa shape index (κ2) is 5.48. The zero-order valence-corrected chi connectivity index (χ0v) is 10.4. The first kappa shape index (κ1) is 13.0. The van der Waals surface area contributed by atoms with Crippen LogP contribution in [0.1, 0.15) is 15.9 Å². The predicted octanol–water partition coefficient (Wildman–Crippen LogP) is 2.56. The molecular weight excluding hydrogens is 247 g/mol. The van der Waals surface area contributed by atoms with Crippen molar-refractivity contribution in [1.29, 1.82) is 0 Å². The normalized spacial score (nSPS) is 10.2. The molecule has 4 nitrogen and oxygen atoms in total. The Labute approximate surface area is 110 Å². The molecular formula is C14H13FN2O2. The number of nitrogens with zero attached hydrogens (tertiary/aromatic N) is 2. The van der Waals surface area contributed by atoms with E-state index < -0.39 is 5.97 Å². The number of hydrogen-bond acceptors (Lipinski definition) is 3. The van der Waals surface area contributed by atoms with Crippen LogP contribution in [-0.2, 0) is 6.54 Å². The number of benzene rings is 1. The van der Waals surface area contributed by atoms with Gasteiger partial charge >= 0.3 is 5.97 Å². The van der Waals surface area contributed by atoms with Crippen molar-refractivity contribution in [3.05, 3.63) is 59.5 Å². The van der Waals surface area contributed by atoms with Gasteiger partial charge in [-0.25, -0.2) is 14.2 Å². The number of aromatic carboxylic acids is 1. The van der Waals surface area contributed by atoms with E-state index in [1.165, 1.54) is 18.3 Å². The second-order valence-corrected chi connectivity index (χ2v) is 4.16. The van der Waals surface area contributed by atoms with E-state index in [0.717, 1.165) is 0 Å². The number of rotatable bonds is 4. The molecule has 5 heteroatoms. The monoisotopic (exact) mass is 260 g/mol. The molecule has 0 saturated heterocycles. The zero-order valence-electron chi connectivity index (χ0n) is 10.4. The highest BCUT2D eigenvalue weighted by molar-refractivity contribution is 5.87. The number of carboxylic acid groups (broad SMARTS) is 1. The van der Waals surface area contributed by atoms with Crippen LogP contribution in [0.4, 0.5) is 10.2 Å². The van der Waals surface area contributed by atoms with Crippen molar-refractivity contribution in [2.24, 2.45) is 0 Å². The molecule has 19 heavy (non-hydrogen) atoms. The molecule has 1 aromatic carbocycles. The van der Waals surface area contributed by atoms with Crippen molar-refractivity contribution in [2.45, 2.75) is 6.54 Å². The smallest absolute Gasteiger partial charge is 0.337 e. The summed E-state index contributed by atoms with van der Waals surface area (Å²) in [5.74, 6) is -0.694. The van der Waals surface area contributed by atoms with Gasteiger partial charge < -0.3 is 10.0 Å². The molecule has 0 aliphatic heterocycles. The van der Waals surface area contributed by atoms with E-state index in [1.807, 2.05) is 0 Å². The topological polar surface area (TPSA) is 53.4 Å². The third kappa shape index (κ3) is 3.07. The number of aromatic nitrogens is 1. The van der Waals surface area contributed by atoms with Crippen molar-refractivity contribution in [3.63, 3.8) is 0 Å². The Balaban J connectivity index is 2.14. The van der Waals surface area contributed by atoms with E-state index in [1.54, 1.807) is 36.2 Å². The molecule has 2 aromatic rings. The lowest BCUT2D eigenvalue weighted by molar-refractivity contribution is 0.0696. The highest BCUT2D eigenvalue weighted by Crippen LogP contribution is 2.15. The molecule has 0 spiro atoms. The van der Waals surface area contributed by atoms with Gasteiger partial charge in [-0.3, -0.25) is 0 Å². The molecule has 98 valence electrons. The summed E-state index contributed by atoms with van der Waals surface area (Å²) in [4.78, 5) is 16.5. The number of halogens is 1. The van der Waals surface area contributed by atoms with Crippen LogP contribution >= 0.6 is 0 Å². The van der Waals surface area contributed by atoms with Crippen LogP contribution in [0.2, 0.25) is 0 Å². The summed E-state index contributed by atoms with van der Waals surface area (Å²) in [5, 5.41) is 8.78. The Morgan fingerprint density at radius 2 is 2.05 bits per heavy atom. The van der Waals surface area contributed by atoms with Crippen molar-refractivity contribution in [1.82, 2.24) is 4.98 Å². The lowest BCUT2D eigenvalue weighted by Gasteiger charge is -2.18. The average Bonchev–Trinajstić information content (AvgIpc) is 2.41. The fraction of sp³-hybridized carbons (Fsp3) is 0.143. The molecule has 0 bridgehead atoms. The SMILES string of the molecule is CN(Cc1ccccc1F)c1ccc(C(=O)O)cn1. The van der Waals surface area contributed by atoms with Crippen LogP contribution in [-0.4, -0.2) is 23.1 Å². The molecule has 0 aliphatic rings. The minimum Gasteiger partial charge on any atom is -0.478 e. The highest BCUT2D eigenvalue weighted by atomic mass is 19.1. The van der Waals surface area contributed by atoms with Gasteiger partial charge in [0.1, 0.15) is 11.6 Å². The maximum Gasteiger partial charge on any atom is 0.337 e. The van der Waals surface area contributed by atoms with Gasteiger partial charge in [0.2, 0.25) is 0 Å². The van der Waals surface area contributed by atoms with Crippen LogP contribution in [0.15, 0.2) is 42.6 Å². The molecule has 0 atom stereocenters. The summed E-state index contributed by atoms with van der Waals surface area (Å²) in [6.45, 7) is 0.367. The van der Waals surface area contributed by atoms with Gasteiger partial charge in [-0.05, 0) is 18.2 Å². The summed E-state index contributed by atoms with van der Waals surface area (Å²) < 4.78 is 13.5. The number of carbonyl (C=O) groups is 1. The number of carboxylic acids is 1. The summed E-state index contributed by atoms with van der Waals surface area (Å²) >= 11 is 0. The maximum atomic E-state index is 13.5. The van der Waals surface area contributed by atoms with E-state index in [-0.39, 0.29) is 11.4 Å². The van der Waals surface area contributed by atoms with Gasteiger partial charge in [0, 0.05) is 25.4 Å². The molecule has 1 aromatic heterocycles. The maximum absolute atomic E-state index is 13.5. The molecule has 0 radical (unpaired) electrons. The number of anilines is 1. The van der Waals surface area contributed by atoms with E-state index in [4.69, 9.17) is 5.11 Å². The number of hydrogen-bond donors (Lipinski definition) is 1. The second-order valence-electron chi connectivity index (χ2n) is 4.16. The van der Waals surface area contributed by atoms with Crippen LogP contribution in [0.3, 0.4) is 0 Å². The van der Waals surface area contributed by atoms with Crippen LogP contribution < -0.4 is 4.90 Å². The van der Waals surface area contributed by atoms with Crippen molar-refractivity contribution in [2.75, 3.05) is 11.9 Å². The number of pyridine rings is 1. The summed E-state index contributed by atoms with van der Waals surface area (Å²) in [6.07, 6.45) is 1.29. The molecule has 0 fully saturated rings. The molecule has 0 unspecified atom stereocenters. The van der Waals surface area contributed by atoms with E-state index in [2.05, 4.69) is 4.98 Å². The predicted molar refractivity (Wildman–Crippen MR) is 69.7 cm³/mol. The van der Waals surface area contributed by atoms with Gasteiger partial charge in [-0.15, -0.1) is 0 Å². The van der Waals surface area contributed by atoms with Crippen LogP contribution in [0, 0.1) is 5.82 Å². The van der Waals surface area contributed by atoms with Gasteiger partial charge in [-0.2, -0.15) is 0 Å². The van der Waals surface area contributed by atoms with Gasteiger partial charge in [0.15, 0.2) is 0 Å². The van der Waals surface area contributed by atoms with Crippen LogP contribution in [0.5, 0.6) is 0 Å². The first-order valence-electron chi connectivity index (χ1n) is 5.72. The quantitative estimate of drug-likeness (QED) is 0.917. The van der Waals surface area contributed by atoms with Crippen molar-refractivity contribution >= 4 is 11.8 Å². The largest absolute Gasteiger partial charge is 0.478 e. The molecule has 0 aliphatic carbocycles. The van der Waals surface area contributed by atoms with Gasteiger partial charge in [-0.1, -0.05) is 18.2 Å².